The Hall–Kier alpha value is -1.88. The first-order valence-corrected chi connectivity index (χ1v) is 5.82. The second kappa shape index (κ2) is 4.59. The third kappa shape index (κ3) is 1.81. The summed E-state index contributed by atoms with van der Waals surface area (Å²) in [6, 6.07) is 0. The number of nitrogen functional groups attached to an aromatic ring is 1. The summed E-state index contributed by atoms with van der Waals surface area (Å²) >= 11 is 0. The van der Waals surface area contributed by atoms with Crippen molar-refractivity contribution in [1.82, 2.24) is 20.2 Å². The number of anilines is 1. The van der Waals surface area contributed by atoms with Gasteiger partial charge in [-0.05, 0) is 0 Å². The Labute approximate surface area is 111 Å². The molecule has 20 heavy (non-hydrogen) atoms. The molecule has 3 rings (SSSR count). The maximum Gasteiger partial charge on any atom is 0.311 e. The molecule has 0 aliphatic carbocycles. The van der Waals surface area contributed by atoms with Gasteiger partial charge in [0, 0.05) is 0 Å². The van der Waals surface area contributed by atoms with Crippen LogP contribution in [-0.4, -0.2) is 60.4 Å². The first kappa shape index (κ1) is 13.1. The van der Waals surface area contributed by atoms with Gasteiger partial charge in [-0.3, -0.25) is 5.10 Å². The topological polar surface area (TPSA) is 150 Å². The predicted octanol–water partition coefficient (Wildman–Crippen LogP) is -1.77. The Morgan fingerprint density at radius 3 is 2.65 bits per heavy atom. The molecule has 2 aromatic rings. The first-order valence-electron chi connectivity index (χ1n) is 5.82. The summed E-state index contributed by atoms with van der Waals surface area (Å²) in [5.41, 5.74) is 5.88. The lowest BCUT2D eigenvalue weighted by Gasteiger charge is -2.12. The average Bonchev–Trinajstić information content (AvgIpc) is 2.93. The van der Waals surface area contributed by atoms with Crippen molar-refractivity contribution in [2.45, 2.75) is 24.4 Å². The van der Waals surface area contributed by atoms with E-state index in [-0.39, 0.29) is 22.5 Å². The number of rotatable bonds is 2. The van der Waals surface area contributed by atoms with Crippen molar-refractivity contribution in [1.29, 1.82) is 0 Å². The summed E-state index contributed by atoms with van der Waals surface area (Å²) in [7, 11) is 0. The summed E-state index contributed by atoms with van der Waals surface area (Å²) in [6.45, 7) is -0.466. The Balaban J connectivity index is 2.07. The number of halogens is 1. The lowest BCUT2D eigenvalue weighted by molar-refractivity contribution is -0.0236. The highest BCUT2D eigenvalue weighted by atomic mass is 19.1. The number of hydrogen-bond acceptors (Lipinski definition) is 8. The van der Waals surface area contributed by atoms with Gasteiger partial charge in [-0.2, -0.15) is 19.5 Å². The van der Waals surface area contributed by atoms with Crippen LogP contribution >= 0.6 is 0 Å². The normalized spacial score (nSPS) is 30.2. The van der Waals surface area contributed by atoms with E-state index in [2.05, 4.69) is 20.2 Å². The molecular weight excluding hydrogens is 273 g/mol. The minimum absolute atomic E-state index is 0.0600. The van der Waals surface area contributed by atoms with Crippen LogP contribution in [-0.2, 0) is 4.74 Å². The molecule has 108 valence electrons. The lowest BCUT2D eigenvalue weighted by Crippen LogP contribution is -2.32. The summed E-state index contributed by atoms with van der Waals surface area (Å²) in [6.07, 6.45) is -5.59. The molecule has 4 atom stereocenters. The van der Waals surface area contributed by atoms with E-state index < -0.39 is 37.1 Å². The molecule has 0 aromatic carbocycles. The van der Waals surface area contributed by atoms with Gasteiger partial charge in [-0.15, -0.1) is 0 Å². The fourth-order valence-corrected chi connectivity index (χ4v) is 2.25. The van der Waals surface area contributed by atoms with E-state index in [1.165, 1.54) is 0 Å². The molecule has 1 unspecified atom stereocenters. The van der Waals surface area contributed by atoms with Gasteiger partial charge in [0.2, 0.25) is 0 Å². The van der Waals surface area contributed by atoms with Crippen LogP contribution in [0.3, 0.4) is 0 Å². The smallest absolute Gasteiger partial charge is 0.311 e. The van der Waals surface area contributed by atoms with E-state index in [0.717, 1.165) is 0 Å². The third-order valence-electron chi connectivity index (χ3n) is 3.25. The SMILES string of the molecule is Nc1nc(F)nc2c(C3O[C@H](CO)[C@@H](O)[C@H]3O)[nH]nc12. The highest BCUT2D eigenvalue weighted by Crippen LogP contribution is 2.35. The summed E-state index contributed by atoms with van der Waals surface area (Å²) in [5.74, 6) is -0.151. The van der Waals surface area contributed by atoms with Crippen molar-refractivity contribution in [3.63, 3.8) is 0 Å². The van der Waals surface area contributed by atoms with Crippen molar-refractivity contribution >= 4 is 16.9 Å². The van der Waals surface area contributed by atoms with Crippen molar-refractivity contribution in [2.75, 3.05) is 12.3 Å². The zero-order valence-electron chi connectivity index (χ0n) is 10.1. The van der Waals surface area contributed by atoms with Crippen LogP contribution in [0, 0.1) is 6.08 Å². The number of nitrogens with one attached hydrogen (secondary N) is 1. The second-order valence-corrected chi connectivity index (χ2v) is 4.47. The van der Waals surface area contributed by atoms with Gasteiger partial charge in [0.15, 0.2) is 11.3 Å². The molecule has 0 bridgehead atoms. The maximum atomic E-state index is 13.2. The van der Waals surface area contributed by atoms with E-state index in [4.69, 9.17) is 15.6 Å². The Kier molecular flexibility index (Phi) is 3.01. The number of ether oxygens (including phenoxy) is 1. The number of H-pyrrole nitrogens is 1. The van der Waals surface area contributed by atoms with Gasteiger partial charge in [-0.1, -0.05) is 0 Å². The summed E-state index contributed by atoms with van der Waals surface area (Å²) in [5, 5.41) is 35.1. The molecule has 1 fully saturated rings. The molecule has 9 nitrogen and oxygen atoms in total. The van der Waals surface area contributed by atoms with Gasteiger partial charge >= 0.3 is 6.08 Å². The number of fused-ring (bicyclic) bond motifs is 1. The van der Waals surface area contributed by atoms with Crippen molar-refractivity contribution in [2.24, 2.45) is 0 Å². The van der Waals surface area contributed by atoms with E-state index in [1.54, 1.807) is 0 Å². The molecule has 0 saturated carbocycles. The quantitative estimate of drug-likeness (QED) is 0.407. The van der Waals surface area contributed by atoms with Crippen LogP contribution < -0.4 is 5.73 Å². The van der Waals surface area contributed by atoms with Crippen molar-refractivity contribution in [3.05, 3.63) is 11.8 Å². The van der Waals surface area contributed by atoms with Gasteiger partial charge in [-0.25, -0.2) is 0 Å². The summed E-state index contributed by atoms with van der Waals surface area (Å²) < 4.78 is 18.5. The van der Waals surface area contributed by atoms with E-state index in [1.807, 2.05) is 0 Å². The van der Waals surface area contributed by atoms with Crippen LogP contribution in [0.1, 0.15) is 11.8 Å². The Bertz CT molecular complexity index is 650. The molecule has 0 radical (unpaired) electrons. The number of nitrogens with two attached hydrogens (primary N) is 1. The second-order valence-electron chi connectivity index (χ2n) is 4.47. The number of aliphatic hydroxyl groups is 3. The zero-order chi connectivity index (χ0) is 14.4. The molecule has 10 heteroatoms. The molecule has 2 aromatic heterocycles. The highest BCUT2D eigenvalue weighted by Gasteiger charge is 2.44. The van der Waals surface area contributed by atoms with Crippen LogP contribution in [0.2, 0.25) is 0 Å². The van der Waals surface area contributed by atoms with Gasteiger partial charge < -0.3 is 25.8 Å². The zero-order valence-corrected chi connectivity index (χ0v) is 10.1. The number of aromatic nitrogens is 4. The molecule has 1 saturated heterocycles. The van der Waals surface area contributed by atoms with E-state index in [9.17, 15) is 14.6 Å². The molecule has 1 aliphatic rings. The number of aliphatic hydroxyl groups excluding tert-OH is 3. The van der Waals surface area contributed by atoms with Crippen LogP contribution in [0.4, 0.5) is 10.2 Å². The third-order valence-corrected chi connectivity index (χ3v) is 3.25. The van der Waals surface area contributed by atoms with Crippen molar-refractivity contribution < 1.29 is 24.4 Å². The average molecular weight is 285 g/mol. The molecule has 0 spiro atoms. The lowest BCUT2D eigenvalue weighted by atomic mass is 10.1. The van der Waals surface area contributed by atoms with Crippen molar-refractivity contribution in [3.8, 4) is 0 Å². The fraction of sp³-hybridized carbons (Fsp3) is 0.500. The number of aromatic amines is 1. The minimum Gasteiger partial charge on any atom is -0.394 e. The predicted molar refractivity (Wildman–Crippen MR) is 62.8 cm³/mol. The summed E-state index contributed by atoms with van der Waals surface area (Å²) in [4.78, 5) is 6.90. The van der Waals surface area contributed by atoms with Crippen LogP contribution in [0.15, 0.2) is 0 Å². The fourth-order valence-electron chi connectivity index (χ4n) is 2.25. The molecular formula is C10H12FN5O4. The molecule has 1 aliphatic heterocycles. The highest BCUT2D eigenvalue weighted by molar-refractivity contribution is 5.85. The Morgan fingerprint density at radius 1 is 1.25 bits per heavy atom. The maximum absolute atomic E-state index is 13.2. The van der Waals surface area contributed by atoms with Gasteiger partial charge in [0.05, 0.1) is 12.3 Å². The number of hydrogen-bond donors (Lipinski definition) is 5. The van der Waals surface area contributed by atoms with Crippen LogP contribution in [0.5, 0.6) is 0 Å². The molecule has 0 amide bonds. The first-order chi connectivity index (χ1) is 9.52. The van der Waals surface area contributed by atoms with Gasteiger partial charge in [0.1, 0.15) is 29.9 Å². The monoisotopic (exact) mass is 285 g/mol. The largest absolute Gasteiger partial charge is 0.394 e. The Morgan fingerprint density at radius 2 is 2.00 bits per heavy atom. The molecule has 3 heterocycles. The van der Waals surface area contributed by atoms with Gasteiger partial charge in [0.25, 0.3) is 0 Å². The van der Waals surface area contributed by atoms with Crippen LogP contribution in [0.25, 0.3) is 11.0 Å². The van der Waals surface area contributed by atoms with E-state index in [0.29, 0.717) is 0 Å². The minimum atomic E-state index is -1.31. The number of nitrogens with zero attached hydrogens (tertiary/aromatic N) is 3. The standard InChI is InChI=1S/C10H12FN5O4/c11-10-13-3-4(15-16-5(3)9(12)14-10)8-7(19)6(18)2(1-17)20-8/h2,6-8,17-19H,1H2,(H,15,16)(H2,12,13,14)/t2-,6-,7-,8?/m1/s1. The van der Waals surface area contributed by atoms with E-state index >= 15 is 0 Å². The molecule has 6 N–H and O–H groups in total.